The molecular formula is C25H23N3O2S. The maximum atomic E-state index is 13.6. The molecule has 0 aromatic heterocycles. The number of amides is 1. The zero-order valence-corrected chi connectivity index (χ0v) is 18.1. The summed E-state index contributed by atoms with van der Waals surface area (Å²) < 4.78 is 5.40. The van der Waals surface area contributed by atoms with Crippen molar-refractivity contribution in [1.29, 1.82) is 0 Å². The number of thiocarbonyl (C=S) groups is 1. The smallest absolute Gasteiger partial charge is 0.255 e. The Kier molecular flexibility index (Phi) is 6.00. The van der Waals surface area contributed by atoms with Gasteiger partial charge in [-0.1, -0.05) is 60.7 Å². The maximum absolute atomic E-state index is 13.6. The Balaban J connectivity index is 1.80. The van der Waals surface area contributed by atoms with Crippen LogP contribution in [0.5, 0.6) is 5.75 Å². The third kappa shape index (κ3) is 4.15. The summed E-state index contributed by atoms with van der Waals surface area (Å²) in [6.07, 6.45) is 0. The Morgan fingerprint density at radius 3 is 2.26 bits per heavy atom. The Bertz CT molecular complexity index is 1130. The molecule has 3 aromatic carbocycles. The van der Waals surface area contributed by atoms with Crippen LogP contribution in [0, 0.1) is 0 Å². The molecule has 0 saturated heterocycles. The fraction of sp³-hybridized carbons (Fsp3) is 0.120. The fourth-order valence-electron chi connectivity index (χ4n) is 3.76. The molecule has 1 aliphatic heterocycles. The molecule has 0 unspecified atom stereocenters. The van der Waals surface area contributed by atoms with E-state index in [0.717, 1.165) is 16.9 Å². The van der Waals surface area contributed by atoms with Crippen molar-refractivity contribution in [3.05, 3.63) is 102 Å². The molecule has 156 valence electrons. The summed E-state index contributed by atoms with van der Waals surface area (Å²) in [5.74, 6) is 0.386. The van der Waals surface area contributed by atoms with Gasteiger partial charge in [-0.2, -0.15) is 0 Å². The second kappa shape index (κ2) is 9.02. The average Bonchev–Trinajstić information content (AvgIpc) is 2.80. The first-order valence-electron chi connectivity index (χ1n) is 9.96. The first kappa shape index (κ1) is 20.6. The normalized spacial score (nSPS) is 16.0. The van der Waals surface area contributed by atoms with Gasteiger partial charge in [-0.3, -0.25) is 9.69 Å². The van der Waals surface area contributed by atoms with Gasteiger partial charge in [0.1, 0.15) is 5.75 Å². The van der Waals surface area contributed by atoms with Crippen molar-refractivity contribution in [2.75, 3.05) is 17.3 Å². The molecule has 0 spiro atoms. The van der Waals surface area contributed by atoms with E-state index in [9.17, 15) is 4.79 Å². The Hall–Kier alpha value is -3.64. The van der Waals surface area contributed by atoms with Gasteiger partial charge in [0.25, 0.3) is 5.91 Å². The fourth-order valence-corrected chi connectivity index (χ4v) is 4.12. The highest BCUT2D eigenvalue weighted by Gasteiger charge is 2.34. The lowest BCUT2D eigenvalue weighted by Crippen LogP contribution is -2.48. The zero-order chi connectivity index (χ0) is 21.8. The van der Waals surface area contributed by atoms with Gasteiger partial charge in [0.15, 0.2) is 5.11 Å². The molecule has 3 aromatic rings. The number of benzene rings is 3. The number of allylic oxidation sites excluding steroid dienone is 1. The van der Waals surface area contributed by atoms with E-state index in [1.807, 2.05) is 96.8 Å². The quantitative estimate of drug-likeness (QED) is 0.556. The van der Waals surface area contributed by atoms with Crippen molar-refractivity contribution in [3.8, 4) is 5.75 Å². The molecule has 2 N–H and O–H groups in total. The second-order valence-corrected chi connectivity index (χ2v) is 7.50. The van der Waals surface area contributed by atoms with Gasteiger partial charge in [0, 0.05) is 11.4 Å². The summed E-state index contributed by atoms with van der Waals surface area (Å²) in [5.41, 5.74) is 3.83. The zero-order valence-electron chi connectivity index (χ0n) is 17.3. The number of carbonyl (C=O) groups excluding carboxylic acids is 1. The SMILES string of the molecule is COc1ccccc1NC(=O)C1=C(C)N(c2ccccc2)C(=S)N[C@H]1c1ccccc1. The van der Waals surface area contributed by atoms with E-state index < -0.39 is 0 Å². The highest BCUT2D eigenvalue weighted by Crippen LogP contribution is 2.34. The number of para-hydroxylation sites is 3. The number of hydrogen-bond acceptors (Lipinski definition) is 3. The van der Waals surface area contributed by atoms with Gasteiger partial charge in [0.2, 0.25) is 0 Å². The Labute approximate surface area is 187 Å². The highest BCUT2D eigenvalue weighted by atomic mass is 32.1. The first-order valence-corrected chi connectivity index (χ1v) is 10.4. The van der Waals surface area contributed by atoms with Crippen LogP contribution in [0.4, 0.5) is 11.4 Å². The lowest BCUT2D eigenvalue weighted by atomic mass is 9.94. The molecule has 5 nitrogen and oxygen atoms in total. The van der Waals surface area contributed by atoms with Gasteiger partial charge >= 0.3 is 0 Å². The highest BCUT2D eigenvalue weighted by molar-refractivity contribution is 7.80. The molecule has 0 radical (unpaired) electrons. The van der Waals surface area contributed by atoms with Crippen molar-refractivity contribution in [3.63, 3.8) is 0 Å². The van der Waals surface area contributed by atoms with Gasteiger partial charge in [-0.25, -0.2) is 0 Å². The number of methoxy groups -OCH3 is 1. The van der Waals surface area contributed by atoms with Crippen molar-refractivity contribution in [1.82, 2.24) is 5.32 Å². The minimum Gasteiger partial charge on any atom is -0.495 e. The average molecular weight is 430 g/mol. The van der Waals surface area contributed by atoms with Crippen molar-refractivity contribution >= 4 is 34.6 Å². The summed E-state index contributed by atoms with van der Waals surface area (Å²) >= 11 is 5.70. The minimum absolute atomic E-state index is 0.216. The molecule has 31 heavy (non-hydrogen) atoms. The van der Waals surface area contributed by atoms with Crippen molar-refractivity contribution < 1.29 is 9.53 Å². The number of hydrogen-bond donors (Lipinski definition) is 2. The van der Waals surface area contributed by atoms with Gasteiger partial charge in [0.05, 0.1) is 24.4 Å². The molecule has 1 amide bonds. The minimum atomic E-state index is -0.372. The van der Waals surface area contributed by atoms with Crippen LogP contribution in [-0.2, 0) is 4.79 Å². The molecule has 0 saturated carbocycles. The molecule has 1 aliphatic rings. The van der Waals surface area contributed by atoms with Crippen LogP contribution >= 0.6 is 12.2 Å². The summed E-state index contributed by atoms with van der Waals surface area (Å²) in [6.45, 7) is 1.92. The monoisotopic (exact) mass is 429 g/mol. The summed E-state index contributed by atoms with van der Waals surface area (Å²) in [6, 6.07) is 26.6. The van der Waals surface area contributed by atoms with Crippen LogP contribution < -0.4 is 20.3 Å². The molecule has 0 aliphatic carbocycles. The topological polar surface area (TPSA) is 53.6 Å². The second-order valence-electron chi connectivity index (χ2n) is 7.12. The van der Waals surface area contributed by atoms with Crippen LogP contribution in [-0.4, -0.2) is 18.1 Å². The van der Waals surface area contributed by atoms with E-state index in [1.54, 1.807) is 7.11 Å². The van der Waals surface area contributed by atoms with Crippen LogP contribution in [0.2, 0.25) is 0 Å². The van der Waals surface area contributed by atoms with Crippen LogP contribution in [0.25, 0.3) is 0 Å². The molecule has 4 rings (SSSR count). The number of nitrogens with zero attached hydrogens (tertiary/aromatic N) is 1. The number of ether oxygens (including phenoxy) is 1. The van der Waals surface area contributed by atoms with E-state index in [-0.39, 0.29) is 11.9 Å². The number of carbonyl (C=O) groups is 1. The third-order valence-electron chi connectivity index (χ3n) is 5.23. The summed E-state index contributed by atoms with van der Waals surface area (Å²) in [4.78, 5) is 15.5. The predicted octanol–water partition coefficient (Wildman–Crippen LogP) is 5.04. The van der Waals surface area contributed by atoms with Gasteiger partial charge in [-0.05, 0) is 49.0 Å². The first-order chi connectivity index (χ1) is 15.1. The van der Waals surface area contributed by atoms with E-state index in [2.05, 4.69) is 10.6 Å². The third-order valence-corrected chi connectivity index (χ3v) is 5.53. The van der Waals surface area contributed by atoms with Crippen LogP contribution in [0.15, 0.2) is 96.2 Å². The number of nitrogens with one attached hydrogen (secondary N) is 2. The summed E-state index contributed by atoms with van der Waals surface area (Å²) in [5, 5.41) is 6.93. The van der Waals surface area contributed by atoms with E-state index in [1.165, 1.54) is 0 Å². The lowest BCUT2D eigenvalue weighted by molar-refractivity contribution is -0.113. The Morgan fingerprint density at radius 1 is 0.968 bits per heavy atom. The molecule has 6 heteroatoms. The van der Waals surface area contributed by atoms with Gasteiger partial charge < -0.3 is 15.4 Å². The molecule has 1 heterocycles. The van der Waals surface area contributed by atoms with Gasteiger partial charge in [-0.15, -0.1) is 0 Å². The van der Waals surface area contributed by atoms with E-state index >= 15 is 0 Å². The lowest BCUT2D eigenvalue weighted by Gasteiger charge is -2.38. The van der Waals surface area contributed by atoms with Crippen LogP contribution in [0.3, 0.4) is 0 Å². The summed E-state index contributed by atoms with van der Waals surface area (Å²) in [7, 11) is 1.58. The largest absolute Gasteiger partial charge is 0.495 e. The molecule has 0 bridgehead atoms. The Morgan fingerprint density at radius 2 is 1.58 bits per heavy atom. The van der Waals surface area contributed by atoms with Crippen LogP contribution in [0.1, 0.15) is 18.5 Å². The van der Waals surface area contributed by atoms with Crippen molar-refractivity contribution in [2.45, 2.75) is 13.0 Å². The maximum Gasteiger partial charge on any atom is 0.255 e. The van der Waals surface area contributed by atoms with Crippen molar-refractivity contribution in [2.24, 2.45) is 0 Å². The van der Waals surface area contributed by atoms with E-state index in [0.29, 0.717) is 22.1 Å². The number of rotatable bonds is 5. The molecular weight excluding hydrogens is 406 g/mol. The van der Waals surface area contributed by atoms with E-state index in [4.69, 9.17) is 17.0 Å². The molecule has 0 fully saturated rings. The predicted molar refractivity (Wildman–Crippen MR) is 128 cm³/mol. The standard InChI is InChI=1S/C25H23N3O2S/c1-17-22(24(29)26-20-15-9-10-16-21(20)30-2)23(18-11-5-3-6-12-18)27-25(31)28(17)19-13-7-4-8-14-19/h3-16,23H,1-2H3,(H,26,29)(H,27,31)/t23-/m0/s1. The number of anilines is 2. The molecule has 1 atom stereocenters.